The van der Waals surface area contributed by atoms with Crippen molar-refractivity contribution in [3.63, 3.8) is 0 Å². The van der Waals surface area contributed by atoms with E-state index in [1.807, 2.05) is 42.5 Å². The molecule has 1 unspecified atom stereocenters. The highest BCUT2D eigenvalue weighted by molar-refractivity contribution is 7.89. The second-order valence-corrected chi connectivity index (χ2v) is 9.08. The molecule has 1 saturated heterocycles. The second-order valence-electron chi connectivity index (χ2n) is 7.17. The van der Waals surface area contributed by atoms with Crippen LogP contribution in [0.15, 0.2) is 65.7 Å². The second kappa shape index (κ2) is 6.68. The van der Waals surface area contributed by atoms with E-state index in [4.69, 9.17) is 0 Å². The minimum absolute atomic E-state index is 0.0545. The molecule has 1 N–H and O–H groups in total. The quantitative estimate of drug-likeness (QED) is 0.577. The topological polar surface area (TPSA) is 79.0 Å². The van der Waals surface area contributed by atoms with Crippen molar-refractivity contribution in [1.29, 1.82) is 0 Å². The lowest BCUT2D eigenvalue weighted by Crippen LogP contribution is -2.39. The number of nitrogens with zero attached hydrogens (tertiary/aromatic N) is 3. The molecule has 1 aliphatic heterocycles. The van der Waals surface area contributed by atoms with Gasteiger partial charge in [0, 0.05) is 30.6 Å². The van der Waals surface area contributed by atoms with Gasteiger partial charge >= 0.3 is 0 Å². The third-order valence-corrected chi connectivity index (χ3v) is 7.29. The molecular formula is C21H20N4O2S. The third kappa shape index (κ3) is 2.87. The number of aromatic nitrogens is 3. The van der Waals surface area contributed by atoms with Gasteiger partial charge in [0.05, 0.1) is 16.6 Å². The number of imidazole rings is 1. The summed E-state index contributed by atoms with van der Waals surface area (Å²) in [6.45, 7) is 0.938. The van der Waals surface area contributed by atoms with Crippen molar-refractivity contribution in [2.45, 2.75) is 23.7 Å². The summed E-state index contributed by atoms with van der Waals surface area (Å²) in [7, 11) is -3.63. The molecule has 3 heterocycles. The smallest absolute Gasteiger partial charge is 0.245 e. The average Bonchev–Trinajstić information content (AvgIpc) is 3.18. The maximum atomic E-state index is 13.4. The number of H-pyrrole nitrogens is 1. The van der Waals surface area contributed by atoms with E-state index in [0.717, 1.165) is 35.1 Å². The van der Waals surface area contributed by atoms with Crippen LogP contribution in [-0.2, 0) is 10.0 Å². The molecule has 0 saturated carbocycles. The van der Waals surface area contributed by atoms with Gasteiger partial charge in [-0.3, -0.25) is 4.98 Å². The minimum atomic E-state index is -3.63. The number of para-hydroxylation sites is 3. The van der Waals surface area contributed by atoms with Gasteiger partial charge in [-0.2, -0.15) is 4.31 Å². The van der Waals surface area contributed by atoms with E-state index in [1.54, 1.807) is 22.6 Å². The number of benzene rings is 2. The zero-order valence-electron chi connectivity index (χ0n) is 15.2. The van der Waals surface area contributed by atoms with Crippen LogP contribution in [0, 0.1) is 0 Å². The SMILES string of the molecule is O=S(=O)(c1cccc2cccnc12)N1CCCC(c2nc3ccccc3[nH]2)C1. The van der Waals surface area contributed by atoms with Gasteiger partial charge in [0.25, 0.3) is 0 Å². The Morgan fingerprint density at radius 2 is 1.89 bits per heavy atom. The van der Waals surface area contributed by atoms with Crippen LogP contribution in [0.2, 0.25) is 0 Å². The average molecular weight is 392 g/mol. The van der Waals surface area contributed by atoms with E-state index >= 15 is 0 Å². The summed E-state index contributed by atoms with van der Waals surface area (Å²) in [5.74, 6) is 0.913. The van der Waals surface area contributed by atoms with Crippen molar-refractivity contribution >= 4 is 32.0 Å². The van der Waals surface area contributed by atoms with Gasteiger partial charge < -0.3 is 4.98 Å². The molecule has 2 aromatic carbocycles. The van der Waals surface area contributed by atoms with Crippen molar-refractivity contribution < 1.29 is 8.42 Å². The predicted octanol–water partition coefficient (Wildman–Crippen LogP) is 3.68. The van der Waals surface area contributed by atoms with E-state index in [2.05, 4.69) is 15.0 Å². The van der Waals surface area contributed by atoms with Crippen LogP contribution in [0.3, 0.4) is 0 Å². The number of nitrogens with one attached hydrogen (secondary N) is 1. The van der Waals surface area contributed by atoms with Gasteiger partial charge in [-0.1, -0.05) is 30.3 Å². The standard InChI is InChI=1S/C21H20N4O2S/c26-28(27,19-11-3-6-15-7-4-12-22-20(15)19)25-13-5-8-16(14-25)21-23-17-9-1-2-10-18(17)24-21/h1-4,6-7,9-12,16H,5,8,13-14H2,(H,23,24). The molecule has 28 heavy (non-hydrogen) atoms. The zero-order chi connectivity index (χ0) is 19.1. The molecule has 4 aromatic rings. The molecular weight excluding hydrogens is 372 g/mol. The Labute approximate surface area is 163 Å². The number of pyridine rings is 1. The van der Waals surface area contributed by atoms with Crippen LogP contribution in [0.1, 0.15) is 24.6 Å². The maximum Gasteiger partial charge on any atom is 0.245 e. The summed E-state index contributed by atoms with van der Waals surface area (Å²) in [5.41, 5.74) is 2.42. The molecule has 0 amide bonds. The highest BCUT2D eigenvalue weighted by Crippen LogP contribution is 2.31. The summed E-state index contributed by atoms with van der Waals surface area (Å²) < 4.78 is 28.4. The molecule has 142 valence electrons. The van der Waals surface area contributed by atoms with Gasteiger partial charge in [0.2, 0.25) is 10.0 Å². The minimum Gasteiger partial charge on any atom is -0.342 e. The predicted molar refractivity (Wildman–Crippen MR) is 109 cm³/mol. The molecule has 2 aromatic heterocycles. The maximum absolute atomic E-state index is 13.4. The van der Waals surface area contributed by atoms with Crippen LogP contribution in [-0.4, -0.2) is 40.8 Å². The first kappa shape index (κ1) is 17.3. The first-order valence-electron chi connectivity index (χ1n) is 9.41. The number of sulfonamides is 1. The molecule has 1 fully saturated rings. The normalized spacial score (nSPS) is 18.6. The fourth-order valence-corrected chi connectivity index (χ4v) is 5.66. The third-order valence-electron chi connectivity index (χ3n) is 5.39. The molecule has 0 bridgehead atoms. The summed E-state index contributed by atoms with van der Waals surface area (Å²) in [5, 5.41) is 0.828. The molecule has 0 spiro atoms. The fraction of sp³-hybridized carbons (Fsp3) is 0.238. The Morgan fingerprint density at radius 1 is 1.04 bits per heavy atom. The molecule has 5 rings (SSSR count). The Morgan fingerprint density at radius 3 is 2.79 bits per heavy atom. The molecule has 6 nitrogen and oxygen atoms in total. The first-order chi connectivity index (χ1) is 13.6. The summed E-state index contributed by atoms with van der Waals surface area (Å²) >= 11 is 0. The summed E-state index contributed by atoms with van der Waals surface area (Å²) in [4.78, 5) is 12.6. The lowest BCUT2D eigenvalue weighted by molar-refractivity contribution is 0.310. The summed E-state index contributed by atoms with van der Waals surface area (Å²) in [6, 6.07) is 16.9. The number of fused-ring (bicyclic) bond motifs is 2. The molecule has 1 atom stereocenters. The number of rotatable bonds is 3. The number of hydrogen-bond donors (Lipinski definition) is 1. The monoisotopic (exact) mass is 392 g/mol. The molecule has 0 aliphatic carbocycles. The fourth-order valence-electron chi connectivity index (χ4n) is 3.97. The van der Waals surface area contributed by atoms with Crippen molar-refractivity contribution in [1.82, 2.24) is 19.3 Å². The number of piperidine rings is 1. The number of aromatic amines is 1. The van der Waals surface area contributed by atoms with E-state index in [9.17, 15) is 8.42 Å². The van der Waals surface area contributed by atoms with Gasteiger partial charge in [0.1, 0.15) is 10.7 Å². The van der Waals surface area contributed by atoms with Crippen LogP contribution in [0.4, 0.5) is 0 Å². The Hall–Kier alpha value is -2.77. The number of hydrogen-bond acceptors (Lipinski definition) is 4. The Kier molecular flexibility index (Phi) is 4.14. The van der Waals surface area contributed by atoms with Crippen LogP contribution >= 0.6 is 0 Å². The van der Waals surface area contributed by atoms with Crippen LogP contribution in [0.25, 0.3) is 21.9 Å². The molecule has 7 heteroatoms. The van der Waals surface area contributed by atoms with Crippen molar-refractivity contribution in [2.24, 2.45) is 0 Å². The molecule has 0 radical (unpaired) electrons. The van der Waals surface area contributed by atoms with E-state index in [-0.39, 0.29) is 10.8 Å². The van der Waals surface area contributed by atoms with Crippen molar-refractivity contribution in [2.75, 3.05) is 13.1 Å². The Bertz CT molecular complexity index is 1230. The van der Waals surface area contributed by atoms with Gasteiger partial charge in [-0.05, 0) is 37.1 Å². The van der Waals surface area contributed by atoms with E-state index in [0.29, 0.717) is 18.6 Å². The lowest BCUT2D eigenvalue weighted by atomic mass is 9.99. The summed E-state index contributed by atoms with van der Waals surface area (Å²) in [6.07, 6.45) is 3.35. The van der Waals surface area contributed by atoms with Crippen LogP contribution < -0.4 is 0 Å². The van der Waals surface area contributed by atoms with Crippen molar-refractivity contribution in [3.8, 4) is 0 Å². The highest BCUT2D eigenvalue weighted by atomic mass is 32.2. The van der Waals surface area contributed by atoms with Gasteiger partial charge in [0.15, 0.2) is 0 Å². The van der Waals surface area contributed by atoms with E-state index < -0.39 is 10.0 Å². The van der Waals surface area contributed by atoms with E-state index in [1.165, 1.54) is 0 Å². The highest BCUT2D eigenvalue weighted by Gasteiger charge is 2.33. The van der Waals surface area contributed by atoms with Gasteiger partial charge in [-0.15, -0.1) is 0 Å². The zero-order valence-corrected chi connectivity index (χ0v) is 16.1. The van der Waals surface area contributed by atoms with Crippen LogP contribution in [0.5, 0.6) is 0 Å². The largest absolute Gasteiger partial charge is 0.342 e. The van der Waals surface area contributed by atoms with Crippen molar-refractivity contribution in [3.05, 3.63) is 66.6 Å². The Balaban J connectivity index is 1.50. The lowest BCUT2D eigenvalue weighted by Gasteiger charge is -2.31. The van der Waals surface area contributed by atoms with Gasteiger partial charge in [-0.25, -0.2) is 13.4 Å². The first-order valence-corrected chi connectivity index (χ1v) is 10.9. The molecule has 1 aliphatic rings.